The third-order valence-corrected chi connectivity index (χ3v) is 8.41. The zero-order valence-electron chi connectivity index (χ0n) is 22.7. The van der Waals surface area contributed by atoms with E-state index in [1.54, 1.807) is 6.92 Å². The molecule has 0 spiro atoms. The van der Waals surface area contributed by atoms with Crippen molar-refractivity contribution >= 4 is 0 Å². The number of fused-ring (bicyclic) bond motifs is 3. The number of hydrogen-bond acceptors (Lipinski definition) is 6. The Morgan fingerprint density at radius 2 is 1.07 bits per heavy atom. The van der Waals surface area contributed by atoms with E-state index in [1.807, 2.05) is 72.8 Å². The molecule has 0 saturated heterocycles. The van der Waals surface area contributed by atoms with Crippen LogP contribution in [0, 0.1) is 6.92 Å². The molecule has 0 radical (unpaired) electrons. The summed E-state index contributed by atoms with van der Waals surface area (Å²) in [5.41, 5.74) is 5.76. The summed E-state index contributed by atoms with van der Waals surface area (Å²) in [6, 6.07) is 26.3. The molecule has 0 heterocycles. The van der Waals surface area contributed by atoms with Gasteiger partial charge in [-0.2, -0.15) is 0 Å². The van der Waals surface area contributed by atoms with Crippen molar-refractivity contribution in [2.45, 2.75) is 32.1 Å². The Morgan fingerprint density at radius 1 is 0.537 bits per heavy atom. The summed E-state index contributed by atoms with van der Waals surface area (Å²) in [6.07, 6.45) is 1.05. The average Bonchev–Trinajstić information content (AvgIpc) is 3.29. The second-order valence-corrected chi connectivity index (χ2v) is 10.6. The smallest absolute Gasteiger partial charge is 0.200 e. The van der Waals surface area contributed by atoms with E-state index >= 15 is 0 Å². The third kappa shape index (κ3) is 3.71. The lowest BCUT2D eigenvalue weighted by atomic mass is 9.64. The number of rotatable bonds is 5. The standard InChI is InChI=1S/C35H30O6/c1-3-20-9-8-10-21(15-20)16-24-28(18-30(37)34(41)32(24)39)35(27-17-29(36)33(40)31(38)19(27)2)25-13-6-4-11-22(25)23-12-5-7-14-26(23)35/h4-15,17-18,36-41H,3,16H2,1-2H3. The van der Waals surface area contributed by atoms with E-state index < -0.39 is 39.9 Å². The van der Waals surface area contributed by atoms with Crippen LogP contribution < -0.4 is 0 Å². The topological polar surface area (TPSA) is 121 Å². The Bertz CT molecular complexity index is 1790. The van der Waals surface area contributed by atoms with Crippen molar-refractivity contribution < 1.29 is 30.6 Å². The van der Waals surface area contributed by atoms with Crippen LogP contribution >= 0.6 is 0 Å². The van der Waals surface area contributed by atoms with Crippen molar-refractivity contribution in [1.82, 2.24) is 0 Å². The molecule has 0 fully saturated rings. The van der Waals surface area contributed by atoms with E-state index in [4.69, 9.17) is 0 Å². The molecule has 6 nitrogen and oxygen atoms in total. The van der Waals surface area contributed by atoms with E-state index in [9.17, 15) is 30.6 Å². The van der Waals surface area contributed by atoms with Crippen LogP contribution in [0.2, 0.25) is 0 Å². The lowest BCUT2D eigenvalue weighted by Crippen LogP contribution is -2.31. The summed E-state index contributed by atoms with van der Waals surface area (Å²) in [7, 11) is 0. The van der Waals surface area contributed by atoms with Crippen LogP contribution in [0.5, 0.6) is 34.5 Å². The normalized spacial score (nSPS) is 13.1. The molecule has 41 heavy (non-hydrogen) atoms. The predicted molar refractivity (Wildman–Crippen MR) is 157 cm³/mol. The molecule has 0 unspecified atom stereocenters. The van der Waals surface area contributed by atoms with E-state index in [-0.39, 0.29) is 6.42 Å². The first-order valence-electron chi connectivity index (χ1n) is 13.5. The highest BCUT2D eigenvalue weighted by Crippen LogP contribution is 2.61. The first-order chi connectivity index (χ1) is 19.7. The molecule has 0 amide bonds. The van der Waals surface area contributed by atoms with Crippen molar-refractivity contribution in [2.75, 3.05) is 0 Å². The van der Waals surface area contributed by atoms with Crippen LogP contribution in [0.25, 0.3) is 11.1 Å². The van der Waals surface area contributed by atoms with Gasteiger partial charge in [-0.15, -0.1) is 0 Å². The maximum Gasteiger partial charge on any atom is 0.200 e. The molecule has 0 bridgehead atoms. The molecule has 5 aromatic carbocycles. The molecular weight excluding hydrogens is 516 g/mol. The largest absolute Gasteiger partial charge is 0.504 e. The van der Waals surface area contributed by atoms with Crippen molar-refractivity contribution in [3.8, 4) is 45.6 Å². The van der Waals surface area contributed by atoms with Gasteiger partial charge < -0.3 is 30.6 Å². The highest BCUT2D eigenvalue weighted by Gasteiger charge is 2.49. The van der Waals surface area contributed by atoms with Crippen molar-refractivity contribution in [2.24, 2.45) is 0 Å². The quantitative estimate of drug-likeness (QED) is 0.133. The van der Waals surface area contributed by atoms with E-state index in [0.29, 0.717) is 22.3 Å². The second kappa shape index (κ2) is 9.52. The fourth-order valence-corrected chi connectivity index (χ4v) is 6.45. The number of benzene rings is 5. The highest BCUT2D eigenvalue weighted by atomic mass is 16.3. The Morgan fingerprint density at radius 3 is 1.68 bits per heavy atom. The Hall–Kier alpha value is -5.10. The molecule has 0 atom stereocenters. The molecule has 1 aliphatic carbocycles. The molecule has 0 aromatic heterocycles. The van der Waals surface area contributed by atoms with Gasteiger partial charge in [0, 0.05) is 12.0 Å². The van der Waals surface area contributed by atoms with Gasteiger partial charge in [-0.3, -0.25) is 0 Å². The molecule has 6 rings (SSSR count). The summed E-state index contributed by atoms with van der Waals surface area (Å²) in [5, 5.41) is 65.3. The van der Waals surface area contributed by atoms with Crippen molar-refractivity contribution in [1.29, 1.82) is 0 Å². The average molecular weight is 547 g/mol. The Balaban J connectivity index is 1.80. The van der Waals surface area contributed by atoms with Gasteiger partial charge in [-0.1, -0.05) is 79.7 Å². The third-order valence-electron chi connectivity index (χ3n) is 8.41. The van der Waals surface area contributed by atoms with Crippen LogP contribution in [-0.2, 0) is 18.3 Å². The summed E-state index contributed by atoms with van der Waals surface area (Å²) in [6.45, 7) is 3.71. The maximum absolute atomic E-state index is 11.4. The minimum absolute atomic E-state index is 0.226. The van der Waals surface area contributed by atoms with Gasteiger partial charge in [-0.25, -0.2) is 0 Å². The first kappa shape index (κ1) is 26.1. The molecular formula is C35H30O6. The second-order valence-electron chi connectivity index (χ2n) is 10.6. The summed E-state index contributed by atoms with van der Waals surface area (Å²) >= 11 is 0. The van der Waals surface area contributed by atoms with Crippen LogP contribution in [0.1, 0.15) is 51.4 Å². The van der Waals surface area contributed by atoms with Gasteiger partial charge in [0.2, 0.25) is 11.5 Å². The number of phenols is 6. The lowest BCUT2D eigenvalue weighted by molar-refractivity contribution is 0.362. The number of aromatic hydroxyl groups is 6. The summed E-state index contributed by atoms with van der Waals surface area (Å²) < 4.78 is 0. The lowest BCUT2D eigenvalue weighted by Gasteiger charge is -2.37. The SMILES string of the molecule is CCc1cccc(Cc2c(C3(c4cc(O)c(O)c(O)c4C)c4ccccc4-c4ccccc43)cc(O)c(O)c2O)c1. The van der Waals surface area contributed by atoms with Crippen LogP contribution in [0.15, 0.2) is 84.9 Å². The molecule has 6 N–H and O–H groups in total. The molecule has 206 valence electrons. The van der Waals surface area contributed by atoms with E-state index in [0.717, 1.165) is 39.8 Å². The molecule has 0 saturated carbocycles. The van der Waals surface area contributed by atoms with E-state index in [1.165, 1.54) is 12.1 Å². The predicted octanol–water partition coefficient (Wildman–Crippen LogP) is 6.74. The monoisotopic (exact) mass is 546 g/mol. The van der Waals surface area contributed by atoms with Crippen LogP contribution in [0.3, 0.4) is 0 Å². The molecule has 0 aliphatic heterocycles. The zero-order chi connectivity index (χ0) is 29.1. The minimum atomic E-state index is -1.26. The molecule has 6 heteroatoms. The van der Waals surface area contributed by atoms with Gasteiger partial charge in [-0.05, 0) is 75.5 Å². The van der Waals surface area contributed by atoms with Gasteiger partial charge in [0.25, 0.3) is 0 Å². The van der Waals surface area contributed by atoms with Gasteiger partial charge in [0.1, 0.15) is 0 Å². The van der Waals surface area contributed by atoms with E-state index in [2.05, 4.69) is 6.92 Å². The van der Waals surface area contributed by atoms with Crippen molar-refractivity contribution in [3.63, 3.8) is 0 Å². The van der Waals surface area contributed by atoms with Gasteiger partial charge in [0.15, 0.2) is 23.0 Å². The Kier molecular flexibility index (Phi) is 6.07. The Labute approximate surface area is 237 Å². The zero-order valence-corrected chi connectivity index (χ0v) is 22.7. The minimum Gasteiger partial charge on any atom is -0.504 e. The fraction of sp³-hybridized carbons (Fsp3) is 0.143. The number of phenolic OH excluding ortho intramolecular Hbond substituents is 6. The molecule has 5 aromatic rings. The number of aryl methyl sites for hydroxylation is 1. The maximum atomic E-state index is 11.4. The number of hydrogen-bond donors (Lipinski definition) is 6. The fourth-order valence-electron chi connectivity index (χ4n) is 6.45. The summed E-state index contributed by atoms with van der Waals surface area (Å²) in [4.78, 5) is 0. The first-order valence-corrected chi connectivity index (χ1v) is 13.5. The molecule has 1 aliphatic rings. The van der Waals surface area contributed by atoms with Crippen LogP contribution in [-0.4, -0.2) is 30.6 Å². The van der Waals surface area contributed by atoms with Crippen LogP contribution in [0.4, 0.5) is 0 Å². The van der Waals surface area contributed by atoms with Crippen molar-refractivity contribution in [3.05, 3.63) is 129 Å². The summed E-state index contributed by atoms with van der Waals surface area (Å²) in [5.74, 6) is -3.19. The van der Waals surface area contributed by atoms with Gasteiger partial charge >= 0.3 is 0 Å². The highest BCUT2D eigenvalue weighted by molar-refractivity contribution is 5.88. The van der Waals surface area contributed by atoms with Gasteiger partial charge in [0.05, 0.1) is 5.41 Å².